The van der Waals surface area contributed by atoms with Crippen LogP contribution in [-0.4, -0.2) is 16.1 Å². The maximum Gasteiger partial charge on any atom is 0.257 e. The van der Waals surface area contributed by atoms with Crippen LogP contribution in [0.3, 0.4) is 0 Å². The first-order valence-corrected chi connectivity index (χ1v) is 7.82. The van der Waals surface area contributed by atoms with Crippen molar-refractivity contribution >= 4 is 56.5 Å². The van der Waals surface area contributed by atoms with E-state index in [1.165, 1.54) is 12.1 Å². The molecular weight excluding hydrogens is 388 g/mol. The third-order valence-corrected chi connectivity index (χ3v) is 4.16. The number of nitrogens with one attached hydrogen (secondary N) is 2. The van der Waals surface area contributed by atoms with Crippen molar-refractivity contribution in [3.05, 3.63) is 57.0 Å². The molecule has 0 aromatic heterocycles. The Morgan fingerprint density at radius 2 is 2.00 bits per heavy atom. The van der Waals surface area contributed by atoms with Crippen molar-refractivity contribution in [3.63, 3.8) is 0 Å². The molecule has 0 unspecified atom stereocenters. The second kappa shape index (κ2) is 7.09. The fraction of sp³-hybridized carbons (Fsp3) is 0.0667. The van der Waals surface area contributed by atoms with Gasteiger partial charge in [0.1, 0.15) is 5.75 Å². The number of carbonyl (C=O) groups excluding carboxylic acids is 1. The smallest absolute Gasteiger partial charge is 0.257 e. The fourth-order valence-electron chi connectivity index (χ4n) is 1.67. The number of aromatic hydroxyl groups is 1. The van der Waals surface area contributed by atoms with E-state index in [2.05, 4.69) is 26.6 Å². The number of phenols is 1. The Morgan fingerprint density at radius 1 is 1.27 bits per heavy atom. The van der Waals surface area contributed by atoms with E-state index in [9.17, 15) is 9.90 Å². The maximum atomic E-state index is 12.1. The molecule has 22 heavy (non-hydrogen) atoms. The van der Waals surface area contributed by atoms with Gasteiger partial charge in [0, 0.05) is 15.1 Å². The first-order chi connectivity index (χ1) is 10.4. The lowest BCUT2D eigenvalue weighted by Crippen LogP contribution is -2.34. The predicted octanol–water partition coefficient (Wildman–Crippen LogP) is 4.24. The molecule has 7 heteroatoms. The van der Waals surface area contributed by atoms with Crippen LogP contribution < -0.4 is 10.6 Å². The molecule has 0 atom stereocenters. The van der Waals surface area contributed by atoms with Crippen LogP contribution in [0.1, 0.15) is 15.9 Å². The Balaban J connectivity index is 2.06. The fourth-order valence-corrected chi connectivity index (χ4v) is 2.42. The Kier molecular flexibility index (Phi) is 5.39. The number of hydrogen-bond acceptors (Lipinski definition) is 3. The molecule has 114 valence electrons. The van der Waals surface area contributed by atoms with Crippen molar-refractivity contribution in [2.45, 2.75) is 6.92 Å². The average molecular weight is 400 g/mol. The Hall–Kier alpha value is -1.63. The molecule has 1 amide bonds. The van der Waals surface area contributed by atoms with E-state index < -0.39 is 0 Å². The molecule has 0 saturated carbocycles. The van der Waals surface area contributed by atoms with Crippen LogP contribution in [0.4, 0.5) is 5.69 Å². The van der Waals surface area contributed by atoms with Gasteiger partial charge in [-0.05, 0) is 55.0 Å². The normalized spacial score (nSPS) is 10.1. The Morgan fingerprint density at radius 3 is 2.68 bits per heavy atom. The minimum absolute atomic E-state index is 0.0147. The first kappa shape index (κ1) is 16.7. The zero-order valence-corrected chi connectivity index (χ0v) is 14.6. The summed E-state index contributed by atoms with van der Waals surface area (Å²) in [5.74, 6) is -0.362. The van der Waals surface area contributed by atoms with Gasteiger partial charge in [-0.2, -0.15) is 0 Å². The largest absolute Gasteiger partial charge is 0.506 e. The van der Waals surface area contributed by atoms with Crippen molar-refractivity contribution in [3.8, 4) is 5.75 Å². The molecule has 0 spiro atoms. The molecule has 0 bridgehead atoms. The summed E-state index contributed by atoms with van der Waals surface area (Å²) in [5, 5.41) is 15.5. The van der Waals surface area contributed by atoms with Gasteiger partial charge in [0.05, 0.1) is 5.69 Å². The van der Waals surface area contributed by atoms with Gasteiger partial charge in [-0.25, -0.2) is 0 Å². The van der Waals surface area contributed by atoms with Crippen molar-refractivity contribution < 1.29 is 9.90 Å². The summed E-state index contributed by atoms with van der Waals surface area (Å²) in [6, 6.07) is 9.74. The molecule has 2 aromatic rings. The summed E-state index contributed by atoms with van der Waals surface area (Å²) in [4.78, 5) is 12.1. The lowest BCUT2D eigenvalue weighted by atomic mass is 10.1. The zero-order valence-electron chi connectivity index (χ0n) is 11.5. The maximum absolute atomic E-state index is 12.1. The highest BCUT2D eigenvalue weighted by Crippen LogP contribution is 2.26. The van der Waals surface area contributed by atoms with E-state index in [0.29, 0.717) is 16.3 Å². The summed E-state index contributed by atoms with van der Waals surface area (Å²) in [6.45, 7) is 1.93. The number of aryl methyl sites for hydroxylation is 1. The van der Waals surface area contributed by atoms with Crippen molar-refractivity contribution in [2.24, 2.45) is 0 Å². The van der Waals surface area contributed by atoms with Crippen LogP contribution in [0.25, 0.3) is 0 Å². The Labute approximate surface area is 146 Å². The summed E-state index contributed by atoms with van der Waals surface area (Å²) < 4.78 is 0.839. The minimum atomic E-state index is -0.347. The lowest BCUT2D eigenvalue weighted by Gasteiger charge is -2.11. The van der Waals surface area contributed by atoms with E-state index in [4.69, 9.17) is 23.8 Å². The SMILES string of the molecule is Cc1ccc(C(=O)NC(=S)Nc2cc(Cl)ccc2O)cc1Br. The number of amides is 1. The Bertz CT molecular complexity index is 752. The van der Waals surface area contributed by atoms with E-state index in [0.717, 1.165) is 10.0 Å². The summed E-state index contributed by atoms with van der Waals surface area (Å²) in [5.41, 5.74) is 1.82. The predicted molar refractivity (Wildman–Crippen MR) is 95.7 cm³/mol. The topological polar surface area (TPSA) is 61.4 Å². The van der Waals surface area contributed by atoms with Crippen LogP contribution in [0.15, 0.2) is 40.9 Å². The van der Waals surface area contributed by atoms with Crippen LogP contribution in [-0.2, 0) is 0 Å². The summed E-state index contributed by atoms with van der Waals surface area (Å²) in [7, 11) is 0. The molecule has 0 radical (unpaired) electrons. The number of rotatable bonds is 2. The van der Waals surface area contributed by atoms with Crippen LogP contribution >= 0.6 is 39.7 Å². The summed E-state index contributed by atoms with van der Waals surface area (Å²) >= 11 is 14.3. The van der Waals surface area contributed by atoms with Gasteiger partial charge in [0.25, 0.3) is 5.91 Å². The highest BCUT2D eigenvalue weighted by atomic mass is 79.9. The van der Waals surface area contributed by atoms with Gasteiger partial charge in [-0.3, -0.25) is 10.1 Å². The number of phenolic OH excluding ortho intramolecular Hbond substituents is 1. The minimum Gasteiger partial charge on any atom is -0.506 e. The van der Waals surface area contributed by atoms with Gasteiger partial charge < -0.3 is 10.4 Å². The number of thiocarbonyl (C=S) groups is 1. The van der Waals surface area contributed by atoms with Crippen molar-refractivity contribution in [1.29, 1.82) is 0 Å². The number of hydrogen-bond donors (Lipinski definition) is 3. The molecule has 0 aliphatic rings. The monoisotopic (exact) mass is 398 g/mol. The van der Waals surface area contributed by atoms with Crippen LogP contribution in [0, 0.1) is 6.92 Å². The van der Waals surface area contributed by atoms with Crippen LogP contribution in [0.5, 0.6) is 5.75 Å². The third-order valence-electron chi connectivity index (χ3n) is 2.87. The highest BCUT2D eigenvalue weighted by molar-refractivity contribution is 9.10. The molecule has 0 heterocycles. The third kappa shape index (κ3) is 4.19. The quantitative estimate of drug-likeness (QED) is 0.522. The second-order valence-electron chi connectivity index (χ2n) is 4.53. The van der Waals surface area contributed by atoms with Crippen LogP contribution in [0.2, 0.25) is 5.02 Å². The molecular formula is C15H12BrClN2O2S. The first-order valence-electron chi connectivity index (χ1n) is 6.24. The van der Waals surface area contributed by atoms with Gasteiger partial charge in [0.2, 0.25) is 0 Å². The van der Waals surface area contributed by atoms with Gasteiger partial charge in [0.15, 0.2) is 5.11 Å². The number of carbonyl (C=O) groups is 1. The molecule has 0 fully saturated rings. The number of benzene rings is 2. The molecule has 0 aliphatic carbocycles. The van der Waals surface area contributed by atoms with Gasteiger partial charge in [-0.1, -0.05) is 33.6 Å². The lowest BCUT2D eigenvalue weighted by molar-refractivity contribution is 0.0977. The number of halogens is 2. The zero-order chi connectivity index (χ0) is 16.3. The van der Waals surface area contributed by atoms with Crippen molar-refractivity contribution in [2.75, 3.05) is 5.32 Å². The second-order valence-corrected chi connectivity index (χ2v) is 6.23. The molecule has 2 rings (SSSR count). The average Bonchev–Trinajstić information content (AvgIpc) is 2.45. The highest BCUT2D eigenvalue weighted by Gasteiger charge is 2.10. The van der Waals surface area contributed by atoms with E-state index in [-0.39, 0.29) is 16.8 Å². The van der Waals surface area contributed by atoms with Gasteiger partial charge >= 0.3 is 0 Å². The van der Waals surface area contributed by atoms with Gasteiger partial charge in [-0.15, -0.1) is 0 Å². The molecule has 0 aliphatic heterocycles. The molecule has 2 aromatic carbocycles. The molecule has 0 saturated heterocycles. The summed E-state index contributed by atoms with van der Waals surface area (Å²) in [6.07, 6.45) is 0. The van der Waals surface area contributed by atoms with E-state index >= 15 is 0 Å². The molecule has 3 N–H and O–H groups in total. The van der Waals surface area contributed by atoms with E-state index in [1.54, 1.807) is 18.2 Å². The van der Waals surface area contributed by atoms with Crippen molar-refractivity contribution in [1.82, 2.24) is 5.32 Å². The standard InChI is InChI=1S/C15H12BrClN2O2S/c1-8-2-3-9(6-11(8)16)14(21)19-15(22)18-12-7-10(17)4-5-13(12)20/h2-7,20H,1H3,(H2,18,19,21,22). The number of anilines is 1. The van der Waals surface area contributed by atoms with E-state index in [1.807, 2.05) is 13.0 Å². The molecule has 4 nitrogen and oxygen atoms in total.